The molecule has 2 atom stereocenters. The maximum absolute atomic E-state index is 12.6. The molecule has 2 aliphatic heterocycles. The first-order valence-corrected chi connectivity index (χ1v) is 8.40. The van der Waals surface area contributed by atoms with Crippen LogP contribution in [-0.2, 0) is 4.79 Å². The number of hydrogen-bond acceptors (Lipinski definition) is 4. The summed E-state index contributed by atoms with van der Waals surface area (Å²) >= 11 is 1.77. The summed E-state index contributed by atoms with van der Waals surface area (Å²) in [5.74, 6) is 0.301. The Morgan fingerprint density at radius 3 is 3.15 bits per heavy atom. The predicted molar refractivity (Wildman–Crippen MR) is 81.9 cm³/mol. The second-order valence-electron chi connectivity index (χ2n) is 5.85. The van der Waals surface area contributed by atoms with Gasteiger partial charge in [-0.15, -0.1) is 11.3 Å². The molecule has 0 spiro atoms. The van der Waals surface area contributed by atoms with Gasteiger partial charge in [0.25, 0.3) is 0 Å². The lowest BCUT2D eigenvalue weighted by molar-refractivity contribution is -0.133. The van der Waals surface area contributed by atoms with E-state index < -0.39 is 0 Å². The first kappa shape index (κ1) is 14.0. The van der Waals surface area contributed by atoms with Gasteiger partial charge < -0.3 is 10.2 Å². The van der Waals surface area contributed by atoms with Crippen molar-refractivity contribution < 1.29 is 4.79 Å². The van der Waals surface area contributed by atoms with Gasteiger partial charge in [-0.25, -0.2) is 0 Å². The highest BCUT2D eigenvalue weighted by Gasteiger charge is 2.31. The smallest absolute Gasteiger partial charge is 0.237 e. The molecule has 0 saturated carbocycles. The Hall–Kier alpha value is -0.910. The first-order valence-electron chi connectivity index (χ1n) is 7.52. The van der Waals surface area contributed by atoms with Crippen LogP contribution in [0.2, 0.25) is 0 Å². The molecule has 2 fully saturated rings. The molecule has 1 amide bonds. The quantitative estimate of drug-likeness (QED) is 0.921. The Kier molecular flexibility index (Phi) is 4.38. The predicted octanol–water partition coefficient (Wildman–Crippen LogP) is 1.71. The molecule has 110 valence electrons. The molecule has 0 aromatic carbocycles. The van der Waals surface area contributed by atoms with Crippen molar-refractivity contribution in [2.75, 3.05) is 32.7 Å². The van der Waals surface area contributed by atoms with E-state index in [9.17, 15) is 4.79 Å². The fraction of sp³-hybridized carbons (Fsp3) is 0.667. The maximum atomic E-state index is 12.6. The van der Waals surface area contributed by atoms with Crippen LogP contribution in [0.3, 0.4) is 0 Å². The fourth-order valence-corrected chi connectivity index (χ4v) is 4.15. The van der Waals surface area contributed by atoms with Crippen molar-refractivity contribution in [1.29, 1.82) is 0 Å². The largest absolute Gasteiger partial charge is 0.334 e. The zero-order valence-corrected chi connectivity index (χ0v) is 12.9. The van der Waals surface area contributed by atoms with Crippen molar-refractivity contribution in [2.24, 2.45) is 0 Å². The molecule has 4 nitrogen and oxygen atoms in total. The molecule has 1 aromatic heterocycles. The van der Waals surface area contributed by atoms with Crippen LogP contribution in [0.4, 0.5) is 0 Å². The monoisotopic (exact) mass is 293 g/mol. The fourth-order valence-electron chi connectivity index (χ4n) is 3.28. The average Bonchev–Trinajstić information content (AvgIpc) is 3.09. The minimum absolute atomic E-state index is 0.301. The van der Waals surface area contributed by atoms with Gasteiger partial charge in [0.15, 0.2) is 0 Å². The number of carbonyl (C=O) groups is 1. The van der Waals surface area contributed by atoms with Crippen LogP contribution in [-0.4, -0.2) is 54.5 Å². The molecule has 5 heteroatoms. The Morgan fingerprint density at radius 2 is 2.40 bits per heavy atom. The molecule has 3 heterocycles. The third-order valence-electron chi connectivity index (χ3n) is 4.26. The minimum atomic E-state index is 0.301. The SMILES string of the molecule is C[C@H]1CN(CC(=O)N2CCCC2c2cccs2)CCN1. The zero-order chi connectivity index (χ0) is 13.9. The van der Waals surface area contributed by atoms with Crippen molar-refractivity contribution >= 4 is 17.2 Å². The maximum Gasteiger partial charge on any atom is 0.237 e. The van der Waals surface area contributed by atoms with Gasteiger partial charge in [-0.1, -0.05) is 6.07 Å². The van der Waals surface area contributed by atoms with Gasteiger partial charge in [-0.3, -0.25) is 9.69 Å². The summed E-state index contributed by atoms with van der Waals surface area (Å²) in [6, 6.07) is 5.05. The van der Waals surface area contributed by atoms with E-state index in [1.165, 1.54) is 4.88 Å². The van der Waals surface area contributed by atoms with Gasteiger partial charge >= 0.3 is 0 Å². The van der Waals surface area contributed by atoms with Gasteiger partial charge in [0.05, 0.1) is 12.6 Å². The van der Waals surface area contributed by atoms with E-state index in [0.717, 1.165) is 39.0 Å². The van der Waals surface area contributed by atoms with Crippen LogP contribution in [0.25, 0.3) is 0 Å². The molecule has 0 radical (unpaired) electrons. The number of nitrogens with zero attached hydrogens (tertiary/aromatic N) is 2. The van der Waals surface area contributed by atoms with E-state index in [1.807, 2.05) is 0 Å². The average molecular weight is 293 g/mol. The van der Waals surface area contributed by atoms with E-state index in [2.05, 4.69) is 39.6 Å². The number of likely N-dealkylation sites (tertiary alicyclic amines) is 1. The number of piperazine rings is 1. The van der Waals surface area contributed by atoms with E-state index in [4.69, 9.17) is 0 Å². The molecule has 3 rings (SSSR count). The summed E-state index contributed by atoms with van der Waals surface area (Å²) in [6.07, 6.45) is 2.25. The number of thiophene rings is 1. The summed E-state index contributed by atoms with van der Waals surface area (Å²) in [5.41, 5.74) is 0. The van der Waals surface area contributed by atoms with Crippen LogP contribution in [0.15, 0.2) is 17.5 Å². The number of hydrogen-bond donors (Lipinski definition) is 1. The van der Waals surface area contributed by atoms with Crippen molar-refractivity contribution in [1.82, 2.24) is 15.1 Å². The molecule has 1 aromatic rings. The highest BCUT2D eigenvalue weighted by atomic mass is 32.1. The van der Waals surface area contributed by atoms with Crippen LogP contribution in [0.1, 0.15) is 30.7 Å². The topological polar surface area (TPSA) is 35.6 Å². The molecular formula is C15H23N3OS. The lowest BCUT2D eigenvalue weighted by Gasteiger charge is -2.33. The lowest BCUT2D eigenvalue weighted by atomic mass is 10.2. The molecule has 0 aliphatic carbocycles. The van der Waals surface area contributed by atoms with E-state index in [1.54, 1.807) is 11.3 Å². The van der Waals surface area contributed by atoms with Crippen molar-refractivity contribution in [2.45, 2.75) is 31.8 Å². The first-order chi connectivity index (χ1) is 9.74. The van der Waals surface area contributed by atoms with Crippen molar-refractivity contribution in [3.63, 3.8) is 0 Å². The highest BCUT2D eigenvalue weighted by Crippen LogP contribution is 2.34. The number of nitrogens with one attached hydrogen (secondary N) is 1. The molecule has 2 saturated heterocycles. The van der Waals surface area contributed by atoms with Crippen LogP contribution in [0, 0.1) is 0 Å². The van der Waals surface area contributed by atoms with Crippen LogP contribution in [0.5, 0.6) is 0 Å². The summed E-state index contributed by atoms with van der Waals surface area (Å²) < 4.78 is 0. The number of amides is 1. The molecular weight excluding hydrogens is 270 g/mol. The Morgan fingerprint density at radius 1 is 1.50 bits per heavy atom. The van der Waals surface area contributed by atoms with Crippen LogP contribution >= 0.6 is 11.3 Å². The third kappa shape index (κ3) is 3.05. The minimum Gasteiger partial charge on any atom is -0.334 e. The van der Waals surface area contributed by atoms with E-state index in [-0.39, 0.29) is 0 Å². The summed E-state index contributed by atoms with van der Waals surface area (Å²) in [7, 11) is 0. The zero-order valence-electron chi connectivity index (χ0n) is 12.0. The Bertz CT molecular complexity index is 448. The summed E-state index contributed by atoms with van der Waals surface area (Å²) in [6.45, 7) is 6.62. The van der Waals surface area contributed by atoms with Gasteiger partial charge in [0.2, 0.25) is 5.91 Å². The number of rotatable bonds is 3. The van der Waals surface area contributed by atoms with Gasteiger partial charge in [-0.05, 0) is 31.2 Å². The van der Waals surface area contributed by atoms with E-state index in [0.29, 0.717) is 24.5 Å². The van der Waals surface area contributed by atoms with Gasteiger partial charge in [-0.2, -0.15) is 0 Å². The summed E-state index contributed by atoms with van der Waals surface area (Å²) in [5, 5.41) is 5.53. The Balaban J connectivity index is 1.61. The lowest BCUT2D eigenvalue weighted by Crippen LogP contribution is -2.52. The Labute approximate surface area is 124 Å². The highest BCUT2D eigenvalue weighted by molar-refractivity contribution is 7.10. The van der Waals surface area contributed by atoms with Crippen LogP contribution < -0.4 is 5.32 Å². The molecule has 0 bridgehead atoms. The second kappa shape index (κ2) is 6.24. The standard InChI is InChI=1S/C15H23N3OS/c1-12-10-17(8-6-16-12)11-15(19)18-7-2-4-13(18)14-5-3-9-20-14/h3,5,9,12-13,16H,2,4,6-8,10-11H2,1H3/t12-,13?/m0/s1. The second-order valence-corrected chi connectivity index (χ2v) is 6.83. The van der Waals surface area contributed by atoms with Crippen molar-refractivity contribution in [3.05, 3.63) is 22.4 Å². The molecule has 2 aliphatic rings. The van der Waals surface area contributed by atoms with E-state index >= 15 is 0 Å². The molecule has 20 heavy (non-hydrogen) atoms. The van der Waals surface area contributed by atoms with Gasteiger partial charge in [0.1, 0.15) is 0 Å². The third-order valence-corrected chi connectivity index (χ3v) is 5.23. The molecule has 1 unspecified atom stereocenters. The summed E-state index contributed by atoms with van der Waals surface area (Å²) in [4.78, 5) is 18.3. The normalized spacial score (nSPS) is 27.9. The number of carbonyl (C=O) groups excluding carboxylic acids is 1. The molecule has 1 N–H and O–H groups in total. The van der Waals surface area contributed by atoms with Crippen molar-refractivity contribution in [3.8, 4) is 0 Å². The van der Waals surface area contributed by atoms with Gasteiger partial charge in [0, 0.05) is 37.1 Å².